The molecule has 0 rings (SSSR count). The van der Waals surface area contributed by atoms with E-state index in [-0.39, 0.29) is 11.7 Å². The van der Waals surface area contributed by atoms with Crippen molar-refractivity contribution in [1.29, 1.82) is 0 Å². The van der Waals surface area contributed by atoms with Crippen LogP contribution in [0.5, 0.6) is 0 Å². The quantitative estimate of drug-likeness (QED) is 0.0764. The maximum atomic E-state index is 12.4. The summed E-state index contributed by atoms with van der Waals surface area (Å²) < 4.78 is 0. The van der Waals surface area contributed by atoms with E-state index in [2.05, 4.69) is 34.6 Å². The van der Waals surface area contributed by atoms with Crippen LogP contribution in [0.1, 0.15) is 163 Å². The van der Waals surface area contributed by atoms with Crippen molar-refractivity contribution in [2.45, 2.75) is 163 Å². The van der Waals surface area contributed by atoms with Crippen LogP contribution >= 0.6 is 0 Å². The SMILES string of the molecule is CCC(C)CCCCCCCCCCC(=O)C(C=O)CCCCCCCC(C)CC(C)CC. The molecule has 0 saturated carbocycles. The van der Waals surface area contributed by atoms with Crippen molar-refractivity contribution in [1.82, 2.24) is 0 Å². The second kappa shape index (κ2) is 23.1. The second-order valence-corrected chi connectivity index (χ2v) is 11.3. The molecule has 0 fully saturated rings. The van der Waals surface area contributed by atoms with Gasteiger partial charge in [-0.05, 0) is 37.0 Å². The van der Waals surface area contributed by atoms with Crippen molar-refractivity contribution in [3.63, 3.8) is 0 Å². The molecule has 4 atom stereocenters. The predicted molar refractivity (Wildman–Crippen MR) is 146 cm³/mol. The molecule has 0 aliphatic carbocycles. The third-order valence-corrected chi connectivity index (χ3v) is 7.86. The fraction of sp³-hybridized carbons (Fsp3) is 0.935. The molecule has 0 radical (unpaired) electrons. The normalized spacial score (nSPS) is 15.2. The van der Waals surface area contributed by atoms with Crippen LogP contribution in [0.4, 0.5) is 0 Å². The number of hydrogen-bond acceptors (Lipinski definition) is 2. The second-order valence-electron chi connectivity index (χ2n) is 11.3. The van der Waals surface area contributed by atoms with Crippen molar-refractivity contribution in [2.24, 2.45) is 23.7 Å². The fourth-order valence-corrected chi connectivity index (χ4v) is 4.91. The predicted octanol–water partition coefficient (Wildman–Crippen LogP) is 10.1. The number of hydrogen-bond donors (Lipinski definition) is 0. The van der Waals surface area contributed by atoms with E-state index in [9.17, 15) is 9.59 Å². The van der Waals surface area contributed by atoms with E-state index in [1.54, 1.807) is 0 Å². The van der Waals surface area contributed by atoms with Crippen molar-refractivity contribution in [2.75, 3.05) is 0 Å². The molecule has 196 valence electrons. The van der Waals surface area contributed by atoms with E-state index in [0.29, 0.717) is 6.42 Å². The van der Waals surface area contributed by atoms with E-state index in [0.717, 1.165) is 56.1 Å². The summed E-state index contributed by atoms with van der Waals surface area (Å²) in [7, 11) is 0. The van der Waals surface area contributed by atoms with Gasteiger partial charge in [0.25, 0.3) is 0 Å². The lowest BCUT2D eigenvalue weighted by Gasteiger charge is -2.15. The molecule has 2 nitrogen and oxygen atoms in total. The molecular formula is C31H60O2. The highest BCUT2D eigenvalue weighted by Crippen LogP contribution is 2.21. The summed E-state index contributed by atoms with van der Waals surface area (Å²) in [5.41, 5.74) is 0. The molecule has 0 aromatic heterocycles. The molecule has 0 aromatic rings. The minimum Gasteiger partial charge on any atom is -0.303 e. The Morgan fingerprint density at radius 1 is 0.576 bits per heavy atom. The van der Waals surface area contributed by atoms with Gasteiger partial charge in [-0.2, -0.15) is 0 Å². The summed E-state index contributed by atoms with van der Waals surface area (Å²) in [6.45, 7) is 11.7. The van der Waals surface area contributed by atoms with Crippen molar-refractivity contribution in [3.8, 4) is 0 Å². The van der Waals surface area contributed by atoms with Gasteiger partial charge in [0.15, 0.2) is 0 Å². The molecule has 0 N–H and O–H groups in total. The Bertz CT molecular complexity index is 444. The molecular weight excluding hydrogens is 404 g/mol. The molecule has 0 heterocycles. The first kappa shape index (κ1) is 32.3. The summed E-state index contributed by atoms with van der Waals surface area (Å²) >= 11 is 0. The van der Waals surface area contributed by atoms with Crippen molar-refractivity contribution >= 4 is 12.1 Å². The Morgan fingerprint density at radius 3 is 1.48 bits per heavy atom. The van der Waals surface area contributed by atoms with E-state index in [4.69, 9.17) is 0 Å². The van der Waals surface area contributed by atoms with Crippen molar-refractivity contribution in [3.05, 3.63) is 0 Å². The number of carbonyl (C=O) groups excluding carboxylic acids is 2. The molecule has 0 bridgehead atoms. The number of rotatable bonds is 25. The number of unbranched alkanes of at least 4 members (excludes halogenated alkanes) is 11. The lowest BCUT2D eigenvalue weighted by molar-refractivity contribution is -0.127. The van der Waals surface area contributed by atoms with Gasteiger partial charge < -0.3 is 4.79 Å². The standard InChI is InChI=1S/C31H60O2/c1-6-27(3)21-17-13-10-8-9-11-16-20-24-31(33)30(26-32)23-19-15-12-14-18-22-29(5)25-28(4)7-2/h26-30H,6-25H2,1-5H3. The molecule has 4 unspecified atom stereocenters. The van der Waals surface area contributed by atoms with Gasteiger partial charge >= 0.3 is 0 Å². The molecule has 33 heavy (non-hydrogen) atoms. The molecule has 0 aromatic carbocycles. The third kappa shape index (κ3) is 20.4. The fourth-order valence-electron chi connectivity index (χ4n) is 4.91. The lowest BCUT2D eigenvalue weighted by atomic mass is 9.91. The average Bonchev–Trinajstić information content (AvgIpc) is 2.81. The first-order chi connectivity index (χ1) is 15.9. The summed E-state index contributed by atoms with van der Waals surface area (Å²) in [5.74, 6) is 2.43. The Hall–Kier alpha value is -0.660. The van der Waals surface area contributed by atoms with Crippen LogP contribution in [0.3, 0.4) is 0 Å². The lowest BCUT2D eigenvalue weighted by Crippen LogP contribution is -2.15. The van der Waals surface area contributed by atoms with E-state index < -0.39 is 0 Å². The van der Waals surface area contributed by atoms with Crippen LogP contribution in [0.15, 0.2) is 0 Å². The summed E-state index contributed by atoms with van der Waals surface area (Å²) in [5, 5.41) is 0. The number of aldehydes is 1. The monoisotopic (exact) mass is 464 g/mol. The minimum absolute atomic E-state index is 0.189. The van der Waals surface area contributed by atoms with Gasteiger partial charge in [0.1, 0.15) is 12.1 Å². The van der Waals surface area contributed by atoms with Gasteiger partial charge in [0, 0.05) is 6.42 Å². The molecule has 0 spiro atoms. The first-order valence-corrected chi connectivity index (χ1v) is 14.9. The highest BCUT2D eigenvalue weighted by molar-refractivity contribution is 5.93. The van der Waals surface area contributed by atoms with Gasteiger partial charge in [-0.25, -0.2) is 0 Å². The van der Waals surface area contributed by atoms with Crippen LogP contribution in [-0.4, -0.2) is 12.1 Å². The molecule has 0 aliphatic heterocycles. The molecule has 2 heteroatoms. The van der Waals surface area contributed by atoms with E-state index >= 15 is 0 Å². The maximum absolute atomic E-state index is 12.4. The number of ketones is 1. The molecule has 0 aliphatic rings. The Morgan fingerprint density at radius 2 is 1.00 bits per heavy atom. The first-order valence-electron chi connectivity index (χ1n) is 14.9. The van der Waals surface area contributed by atoms with E-state index in [1.165, 1.54) is 89.9 Å². The van der Waals surface area contributed by atoms with Crippen LogP contribution in [-0.2, 0) is 9.59 Å². The summed E-state index contributed by atoms with van der Waals surface area (Å²) in [6.07, 6.45) is 25.1. The number of carbonyl (C=O) groups is 2. The highest BCUT2D eigenvalue weighted by Gasteiger charge is 2.16. The van der Waals surface area contributed by atoms with Gasteiger partial charge in [0.05, 0.1) is 5.92 Å². The minimum atomic E-state index is -0.342. The van der Waals surface area contributed by atoms with Crippen LogP contribution in [0.2, 0.25) is 0 Å². The topological polar surface area (TPSA) is 34.1 Å². The molecule has 0 saturated heterocycles. The van der Waals surface area contributed by atoms with Crippen LogP contribution in [0, 0.1) is 23.7 Å². The van der Waals surface area contributed by atoms with Gasteiger partial charge in [-0.3, -0.25) is 4.79 Å². The third-order valence-electron chi connectivity index (χ3n) is 7.86. The Labute approximate surface area is 208 Å². The summed E-state index contributed by atoms with van der Waals surface area (Å²) in [6, 6.07) is 0. The number of Topliss-reactive ketones (excluding diaryl/α,β-unsaturated/α-hetero) is 1. The Balaban J connectivity index is 3.60. The zero-order valence-corrected chi connectivity index (χ0v) is 23.3. The van der Waals surface area contributed by atoms with Crippen LogP contribution in [0.25, 0.3) is 0 Å². The smallest absolute Gasteiger partial charge is 0.143 e. The molecule has 0 amide bonds. The van der Waals surface area contributed by atoms with E-state index in [1.807, 2.05) is 0 Å². The Kier molecular flexibility index (Phi) is 22.6. The zero-order chi connectivity index (χ0) is 24.7. The van der Waals surface area contributed by atoms with Crippen molar-refractivity contribution < 1.29 is 9.59 Å². The summed E-state index contributed by atoms with van der Waals surface area (Å²) in [4.78, 5) is 23.8. The maximum Gasteiger partial charge on any atom is 0.143 e. The highest BCUT2D eigenvalue weighted by atomic mass is 16.1. The average molecular weight is 465 g/mol. The zero-order valence-electron chi connectivity index (χ0n) is 23.3. The van der Waals surface area contributed by atoms with Gasteiger partial charge in [0.2, 0.25) is 0 Å². The van der Waals surface area contributed by atoms with Crippen LogP contribution < -0.4 is 0 Å². The largest absolute Gasteiger partial charge is 0.303 e. The van der Waals surface area contributed by atoms with Gasteiger partial charge in [-0.1, -0.05) is 137 Å². The van der Waals surface area contributed by atoms with Gasteiger partial charge in [-0.15, -0.1) is 0 Å².